The van der Waals surface area contributed by atoms with Gasteiger partial charge in [-0.1, -0.05) is 96.8 Å². The van der Waals surface area contributed by atoms with E-state index >= 15 is 0 Å². The molecule has 0 bridgehead atoms. The summed E-state index contributed by atoms with van der Waals surface area (Å²) >= 11 is 0. The van der Waals surface area contributed by atoms with E-state index in [1.165, 1.54) is 83.5 Å². The lowest BCUT2D eigenvalue weighted by Gasteiger charge is -2.10. The van der Waals surface area contributed by atoms with Crippen LogP contribution in [0.25, 0.3) is 0 Å². The summed E-state index contributed by atoms with van der Waals surface area (Å²) in [5.41, 5.74) is 0. The molecule has 0 aliphatic carbocycles. The fourth-order valence-corrected chi connectivity index (χ4v) is 3.29. The highest BCUT2D eigenvalue weighted by atomic mass is 16.3. The van der Waals surface area contributed by atoms with Crippen LogP contribution in [0.3, 0.4) is 0 Å². The molecule has 3 nitrogen and oxygen atoms in total. The predicted octanol–water partition coefficient (Wildman–Crippen LogP) is 6.12. The lowest BCUT2D eigenvalue weighted by Crippen LogP contribution is -2.16. The van der Waals surface area contributed by atoms with Crippen LogP contribution in [-0.4, -0.2) is 21.0 Å². The number of rotatable bonds is 17. The monoisotopic (exact) mass is 336 g/mol. The largest absolute Gasteiger partial charge is 0.391 e. The lowest BCUT2D eigenvalue weighted by molar-refractivity contribution is 0.136. The van der Waals surface area contributed by atoms with Crippen molar-refractivity contribution in [3.05, 3.63) is 18.5 Å². The van der Waals surface area contributed by atoms with Crippen molar-refractivity contribution < 1.29 is 5.11 Å². The Kier molecular flexibility index (Phi) is 13.9. The van der Waals surface area contributed by atoms with Gasteiger partial charge in [-0.2, -0.15) is 5.10 Å². The van der Waals surface area contributed by atoms with Gasteiger partial charge in [0.15, 0.2) is 0 Å². The van der Waals surface area contributed by atoms with E-state index in [1.807, 2.05) is 16.9 Å². The molecule has 0 radical (unpaired) electrons. The van der Waals surface area contributed by atoms with Crippen LogP contribution in [0.1, 0.15) is 103 Å². The molecule has 0 saturated heterocycles. The van der Waals surface area contributed by atoms with Gasteiger partial charge in [-0.25, -0.2) is 0 Å². The zero-order valence-corrected chi connectivity index (χ0v) is 16.0. The molecule has 0 aliphatic heterocycles. The van der Waals surface area contributed by atoms with Gasteiger partial charge in [0.25, 0.3) is 0 Å². The van der Waals surface area contributed by atoms with Crippen molar-refractivity contribution in [2.45, 2.75) is 116 Å². The third-order valence-corrected chi connectivity index (χ3v) is 4.85. The van der Waals surface area contributed by atoms with E-state index in [-0.39, 0.29) is 6.10 Å². The van der Waals surface area contributed by atoms with Crippen LogP contribution in [0.5, 0.6) is 0 Å². The summed E-state index contributed by atoms with van der Waals surface area (Å²) in [6.45, 7) is 2.91. The van der Waals surface area contributed by atoms with E-state index in [1.54, 1.807) is 6.20 Å². The van der Waals surface area contributed by atoms with Crippen LogP contribution in [0.4, 0.5) is 0 Å². The van der Waals surface area contributed by atoms with Crippen LogP contribution < -0.4 is 0 Å². The van der Waals surface area contributed by atoms with Crippen molar-refractivity contribution in [3.63, 3.8) is 0 Å². The molecular formula is C21H40N2O. The molecule has 140 valence electrons. The van der Waals surface area contributed by atoms with Gasteiger partial charge in [0.05, 0.1) is 12.6 Å². The molecule has 0 aliphatic rings. The number of aliphatic hydroxyl groups is 1. The summed E-state index contributed by atoms with van der Waals surface area (Å²) in [6, 6.07) is 1.90. The molecule has 0 amide bonds. The summed E-state index contributed by atoms with van der Waals surface area (Å²) in [7, 11) is 0. The van der Waals surface area contributed by atoms with E-state index in [9.17, 15) is 5.11 Å². The molecule has 0 aromatic carbocycles. The number of aliphatic hydroxyl groups excluding tert-OH is 1. The summed E-state index contributed by atoms with van der Waals surface area (Å²) < 4.78 is 1.81. The zero-order chi connectivity index (χ0) is 17.3. The minimum absolute atomic E-state index is 0.248. The first kappa shape index (κ1) is 21.2. The SMILES string of the molecule is CCCCCCCCCCCCCCCCC(O)Cn1cccn1. The molecule has 0 spiro atoms. The van der Waals surface area contributed by atoms with Crippen molar-refractivity contribution >= 4 is 0 Å². The summed E-state index contributed by atoms with van der Waals surface area (Å²) in [5, 5.41) is 14.1. The maximum atomic E-state index is 9.95. The Bertz CT molecular complexity index is 351. The second-order valence-corrected chi connectivity index (χ2v) is 7.27. The molecule has 1 rings (SSSR count). The Labute approximate surface area is 149 Å². The first-order chi connectivity index (χ1) is 11.8. The highest BCUT2D eigenvalue weighted by Gasteiger charge is 2.04. The van der Waals surface area contributed by atoms with Crippen molar-refractivity contribution in [3.8, 4) is 0 Å². The van der Waals surface area contributed by atoms with Gasteiger partial charge in [0.2, 0.25) is 0 Å². The fraction of sp³-hybridized carbons (Fsp3) is 0.857. The van der Waals surface area contributed by atoms with Crippen LogP contribution in [-0.2, 0) is 6.54 Å². The van der Waals surface area contributed by atoms with Crippen LogP contribution in [0.15, 0.2) is 18.5 Å². The highest BCUT2D eigenvalue weighted by Crippen LogP contribution is 2.14. The number of hydrogen-bond acceptors (Lipinski definition) is 2. The third-order valence-electron chi connectivity index (χ3n) is 4.85. The van der Waals surface area contributed by atoms with Gasteiger partial charge in [-0.05, 0) is 12.5 Å². The van der Waals surface area contributed by atoms with Gasteiger partial charge in [-0.15, -0.1) is 0 Å². The smallest absolute Gasteiger partial charge is 0.0736 e. The van der Waals surface area contributed by atoms with Crippen LogP contribution >= 0.6 is 0 Å². The molecule has 1 atom stereocenters. The standard InChI is InChI=1S/C21H40N2O/c1-2-3-4-5-6-7-8-9-10-11-12-13-14-15-17-21(24)20-23-19-16-18-22-23/h16,18-19,21,24H,2-15,17,20H2,1H3. The Morgan fingerprint density at radius 3 is 1.75 bits per heavy atom. The first-order valence-electron chi connectivity index (χ1n) is 10.5. The third kappa shape index (κ3) is 12.6. The average Bonchev–Trinajstić information content (AvgIpc) is 3.08. The fourth-order valence-electron chi connectivity index (χ4n) is 3.29. The maximum Gasteiger partial charge on any atom is 0.0736 e. The van der Waals surface area contributed by atoms with Crippen molar-refractivity contribution in [2.75, 3.05) is 0 Å². The van der Waals surface area contributed by atoms with Crippen molar-refractivity contribution in [1.82, 2.24) is 9.78 Å². The normalized spacial score (nSPS) is 12.6. The van der Waals surface area contributed by atoms with Crippen LogP contribution in [0.2, 0.25) is 0 Å². The van der Waals surface area contributed by atoms with Gasteiger partial charge >= 0.3 is 0 Å². The second kappa shape index (κ2) is 15.7. The molecule has 0 fully saturated rings. The molecular weight excluding hydrogens is 296 g/mol. The lowest BCUT2D eigenvalue weighted by atomic mass is 10.0. The second-order valence-electron chi connectivity index (χ2n) is 7.27. The molecule has 1 unspecified atom stereocenters. The molecule has 1 aromatic heterocycles. The molecule has 3 heteroatoms. The molecule has 1 heterocycles. The van der Waals surface area contributed by atoms with E-state index < -0.39 is 0 Å². The quantitative estimate of drug-likeness (QED) is 0.348. The minimum Gasteiger partial charge on any atom is -0.391 e. The average molecular weight is 337 g/mol. The first-order valence-corrected chi connectivity index (χ1v) is 10.5. The molecule has 1 N–H and O–H groups in total. The molecule has 24 heavy (non-hydrogen) atoms. The summed E-state index contributed by atoms with van der Waals surface area (Å²) in [5.74, 6) is 0. The van der Waals surface area contributed by atoms with E-state index in [4.69, 9.17) is 0 Å². The summed E-state index contributed by atoms with van der Waals surface area (Å²) in [6.07, 6.45) is 23.6. The number of aromatic nitrogens is 2. The molecule has 1 aromatic rings. The van der Waals surface area contributed by atoms with Gasteiger partial charge < -0.3 is 5.11 Å². The zero-order valence-electron chi connectivity index (χ0n) is 16.0. The van der Waals surface area contributed by atoms with Crippen molar-refractivity contribution in [1.29, 1.82) is 0 Å². The Hall–Kier alpha value is -0.830. The van der Waals surface area contributed by atoms with E-state index in [2.05, 4.69) is 12.0 Å². The van der Waals surface area contributed by atoms with Crippen molar-refractivity contribution in [2.24, 2.45) is 0 Å². The Morgan fingerprint density at radius 2 is 1.29 bits per heavy atom. The van der Waals surface area contributed by atoms with Gasteiger partial charge in [0.1, 0.15) is 0 Å². The Balaban J connectivity index is 1.74. The van der Waals surface area contributed by atoms with E-state index in [0.717, 1.165) is 12.8 Å². The summed E-state index contributed by atoms with van der Waals surface area (Å²) in [4.78, 5) is 0. The van der Waals surface area contributed by atoms with Gasteiger partial charge in [0, 0.05) is 12.4 Å². The minimum atomic E-state index is -0.248. The van der Waals surface area contributed by atoms with Crippen LogP contribution in [0, 0.1) is 0 Å². The number of unbranched alkanes of at least 4 members (excludes halogenated alkanes) is 13. The Morgan fingerprint density at radius 1 is 0.792 bits per heavy atom. The van der Waals surface area contributed by atoms with E-state index in [0.29, 0.717) is 6.54 Å². The number of hydrogen-bond donors (Lipinski definition) is 1. The molecule has 0 saturated carbocycles. The van der Waals surface area contributed by atoms with Gasteiger partial charge in [-0.3, -0.25) is 4.68 Å². The highest BCUT2D eigenvalue weighted by molar-refractivity contribution is 4.78. The predicted molar refractivity (Wildman–Crippen MR) is 103 cm³/mol. The topological polar surface area (TPSA) is 38.0 Å². The number of nitrogens with zero attached hydrogens (tertiary/aromatic N) is 2. The maximum absolute atomic E-state index is 9.95.